The van der Waals surface area contributed by atoms with Gasteiger partial charge >= 0.3 is 0 Å². The van der Waals surface area contributed by atoms with E-state index in [0.717, 1.165) is 36.5 Å². The highest BCUT2D eigenvalue weighted by Crippen LogP contribution is 2.43. The van der Waals surface area contributed by atoms with Crippen molar-refractivity contribution in [1.82, 2.24) is 4.90 Å². The van der Waals surface area contributed by atoms with Crippen LogP contribution in [0, 0.1) is 0 Å². The van der Waals surface area contributed by atoms with Gasteiger partial charge in [0.2, 0.25) is 11.8 Å². The lowest BCUT2D eigenvalue weighted by Crippen LogP contribution is -2.54. The Morgan fingerprint density at radius 1 is 1.25 bits per heavy atom. The van der Waals surface area contributed by atoms with Gasteiger partial charge in [-0.05, 0) is 38.3 Å². The van der Waals surface area contributed by atoms with E-state index in [0.29, 0.717) is 0 Å². The van der Waals surface area contributed by atoms with Crippen LogP contribution in [0.4, 0.5) is 5.69 Å². The molecule has 0 saturated carbocycles. The monoisotopic (exact) mass is 290 g/mol. The zero-order valence-electron chi connectivity index (χ0n) is 11.5. The lowest BCUT2D eigenvalue weighted by atomic mass is 10.0. The van der Waals surface area contributed by atoms with Gasteiger partial charge in [0.25, 0.3) is 0 Å². The first-order valence-electron chi connectivity index (χ1n) is 7.00. The molecule has 2 heterocycles. The van der Waals surface area contributed by atoms with E-state index in [1.807, 2.05) is 29.2 Å². The third-order valence-electron chi connectivity index (χ3n) is 3.93. The smallest absolute Gasteiger partial charge is 0.250 e. The Balaban J connectivity index is 1.88. The Kier molecular flexibility index (Phi) is 3.46. The Morgan fingerprint density at radius 2 is 1.95 bits per heavy atom. The molecule has 1 atom stereocenters. The van der Waals surface area contributed by atoms with Gasteiger partial charge in [-0.1, -0.05) is 23.9 Å². The van der Waals surface area contributed by atoms with Gasteiger partial charge in [0, 0.05) is 18.0 Å². The Bertz CT molecular complexity index is 555. The van der Waals surface area contributed by atoms with E-state index >= 15 is 0 Å². The topological polar surface area (TPSA) is 49.4 Å². The van der Waals surface area contributed by atoms with Gasteiger partial charge in [-0.3, -0.25) is 9.59 Å². The molecule has 4 nitrogen and oxygen atoms in total. The second-order valence-electron chi connectivity index (χ2n) is 5.44. The highest BCUT2D eigenvalue weighted by atomic mass is 32.2. The van der Waals surface area contributed by atoms with Crippen LogP contribution in [-0.4, -0.2) is 34.6 Å². The van der Waals surface area contributed by atoms with Gasteiger partial charge < -0.3 is 10.2 Å². The number of piperidine rings is 1. The molecule has 2 amide bonds. The number of hydrogen-bond donors (Lipinski definition) is 1. The van der Waals surface area contributed by atoms with Crippen LogP contribution in [0.1, 0.15) is 26.2 Å². The number of likely N-dealkylation sites (tertiary alicyclic amines) is 1. The van der Waals surface area contributed by atoms with Gasteiger partial charge in [-0.15, -0.1) is 0 Å². The number of benzene rings is 1. The Morgan fingerprint density at radius 3 is 2.70 bits per heavy atom. The number of hydrogen-bond acceptors (Lipinski definition) is 3. The molecule has 0 aromatic heterocycles. The minimum atomic E-state index is -1.05. The average molecular weight is 290 g/mol. The number of nitrogens with one attached hydrogen (secondary N) is 1. The van der Waals surface area contributed by atoms with E-state index in [4.69, 9.17) is 0 Å². The summed E-state index contributed by atoms with van der Waals surface area (Å²) in [5, 5.41) is 2.86. The summed E-state index contributed by atoms with van der Waals surface area (Å²) in [5.74, 6) is -0.272. The third kappa shape index (κ3) is 2.20. The normalized spacial score (nSPS) is 25.9. The van der Waals surface area contributed by atoms with Crippen LogP contribution >= 0.6 is 11.8 Å². The molecule has 1 unspecified atom stereocenters. The van der Waals surface area contributed by atoms with E-state index in [1.54, 1.807) is 6.92 Å². The molecule has 1 aromatic carbocycles. The van der Waals surface area contributed by atoms with Crippen LogP contribution in [-0.2, 0) is 9.59 Å². The van der Waals surface area contributed by atoms with Crippen LogP contribution < -0.4 is 5.32 Å². The fourth-order valence-electron chi connectivity index (χ4n) is 2.71. The first-order chi connectivity index (χ1) is 9.61. The van der Waals surface area contributed by atoms with Crippen LogP contribution in [0.5, 0.6) is 0 Å². The van der Waals surface area contributed by atoms with Crippen molar-refractivity contribution >= 4 is 29.3 Å². The van der Waals surface area contributed by atoms with Crippen LogP contribution in [0.25, 0.3) is 0 Å². The number of nitrogens with zero attached hydrogens (tertiary/aromatic N) is 1. The summed E-state index contributed by atoms with van der Waals surface area (Å²) in [6, 6.07) is 7.62. The van der Waals surface area contributed by atoms with Crippen molar-refractivity contribution in [3.63, 3.8) is 0 Å². The summed E-state index contributed by atoms with van der Waals surface area (Å²) in [6.45, 7) is 3.27. The first kappa shape index (κ1) is 13.5. The molecule has 0 aliphatic carbocycles. The minimum Gasteiger partial charge on any atom is -0.341 e. The number of amides is 2. The summed E-state index contributed by atoms with van der Waals surface area (Å²) >= 11 is 1.37. The van der Waals surface area contributed by atoms with Crippen LogP contribution in [0.3, 0.4) is 0 Å². The van der Waals surface area contributed by atoms with E-state index < -0.39 is 4.75 Å². The first-order valence-corrected chi connectivity index (χ1v) is 7.82. The number of carbonyl (C=O) groups excluding carboxylic acids is 2. The molecule has 106 valence electrons. The molecular formula is C15H18N2O2S. The summed E-state index contributed by atoms with van der Waals surface area (Å²) in [5.41, 5.74) is 0.798. The fourth-order valence-corrected chi connectivity index (χ4v) is 3.88. The van der Waals surface area contributed by atoms with Gasteiger partial charge in [0.1, 0.15) is 0 Å². The quantitative estimate of drug-likeness (QED) is 0.809. The number of carbonyl (C=O) groups is 2. The number of fused-ring (bicyclic) bond motifs is 1. The number of anilines is 1. The van der Waals surface area contributed by atoms with Crippen molar-refractivity contribution in [2.45, 2.75) is 35.8 Å². The van der Waals surface area contributed by atoms with Crippen molar-refractivity contribution in [1.29, 1.82) is 0 Å². The standard InChI is InChI=1S/C15H18N2O2S/c1-15(14(19)17-9-5-2-6-10-17)13(18)16-11-7-3-4-8-12(11)20-15/h3-4,7-8H,2,5-6,9-10H2,1H3,(H,16,18). The molecule has 2 aliphatic heterocycles. The molecule has 2 aliphatic rings. The molecule has 0 radical (unpaired) electrons. The molecule has 3 rings (SSSR count). The second kappa shape index (κ2) is 5.13. The van der Waals surface area contributed by atoms with Crippen molar-refractivity contribution in [2.24, 2.45) is 0 Å². The molecule has 0 spiro atoms. The maximum absolute atomic E-state index is 12.7. The van der Waals surface area contributed by atoms with Crippen molar-refractivity contribution in [3.05, 3.63) is 24.3 Å². The molecule has 5 heteroatoms. The molecule has 1 saturated heterocycles. The van der Waals surface area contributed by atoms with Crippen molar-refractivity contribution < 1.29 is 9.59 Å². The predicted molar refractivity (Wildman–Crippen MR) is 79.8 cm³/mol. The SMILES string of the molecule is CC1(C(=O)N2CCCCC2)Sc2ccccc2NC1=O. The van der Waals surface area contributed by atoms with Crippen molar-refractivity contribution in [2.75, 3.05) is 18.4 Å². The van der Waals surface area contributed by atoms with Crippen molar-refractivity contribution in [3.8, 4) is 0 Å². The zero-order chi connectivity index (χ0) is 14.2. The highest BCUT2D eigenvalue weighted by molar-refractivity contribution is 8.02. The Hall–Kier alpha value is -1.49. The number of para-hydroxylation sites is 1. The van der Waals surface area contributed by atoms with Gasteiger partial charge in [0.05, 0.1) is 5.69 Å². The lowest BCUT2D eigenvalue weighted by molar-refractivity contribution is -0.138. The second-order valence-corrected chi connectivity index (χ2v) is 6.90. The maximum atomic E-state index is 12.7. The summed E-state index contributed by atoms with van der Waals surface area (Å²) < 4.78 is -1.05. The summed E-state index contributed by atoms with van der Waals surface area (Å²) in [4.78, 5) is 27.9. The summed E-state index contributed by atoms with van der Waals surface area (Å²) in [7, 11) is 0. The predicted octanol–water partition coefficient (Wildman–Crippen LogP) is 2.50. The molecule has 1 fully saturated rings. The van der Waals surface area contributed by atoms with Crippen LogP contribution in [0.15, 0.2) is 29.2 Å². The lowest BCUT2D eigenvalue weighted by Gasteiger charge is -2.37. The van der Waals surface area contributed by atoms with Gasteiger partial charge in [-0.2, -0.15) is 0 Å². The maximum Gasteiger partial charge on any atom is 0.250 e. The number of thioether (sulfide) groups is 1. The molecular weight excluding hydrogens is 272 g/mol. The van der Waals surface area contributed by atoms with Gasteiger partial charge in [0.15, 0.2) is 4.75 Å². The molecule has 1 N–H and O–H groups in total. The Labute approximate surface area is 122 Å². The van der Waals surface area contributed by atoms with E-state index in [-0.39, 0.29) is 11.8 Å². The van der Waals surface area contributed by atoms with E-state index in [1.165, 1.54) is 18.2 Å². The van der Waals surface area contributed by atoms with Crippen LogP contribution in [0.2, 0.25) is 0 Å². The third-order valence-corrected chi connectivity index (χ3v) is 5.28. The zero-order valence-corrected chi connectivity index (χ0v) is 12.3. The average Bonchev–Trinajstić information content (AvgIpc) is 2.48. The molecule has 0 bridgehead atoms. The molecule has 1 aromatic rings. The highest BCUT2D eigenvalue weighted by Gasteiger charge is 2.47. The van der Waals surface area contributed by atoms with Gasteiger partial charge in [-0.25, -0.2) is 0 Å². The largest absolute Gasteiger partial charge is 0.341 e. The van der Waals surface area contributed by atoms with E-state index in [9.17, 15) is 9.59 Å². The van der Waals surface area contributed by atoms with E-state index in [2.05, 4.69) is 5.32 Å². The molecule has 20 heavy (non-hydrogen) atoms. The number of rotatable bonds is 1. The fraction of sp³-hybridized carbons (Fsp3) is 0.467. The summed E-state index contributed by atoms with van der Waals surface area (Å²) in [6.07, 6.45) is 3.23. The minimum absolute atomic E-state index is 0.0609.